The van der Waals surface area contributed by atoms with E-state index in [2.05, 4.69) is 47.6 Å². The Labute approximate surface area is 214 Å². The summed E-state index contributed by atoms with van der Waals surface area (Å²) in [7, 11) is 0. The first-order valence-corrected chi connectivity index (χ1v) is 12.6. The number of primary amides is 1. The van der Waals surface area contributed by atoms with E-state index in [0.29, 0.717) is 16.9 Å². The molecule has 1 amide bonds. The molecule has 0 aliphatic heterocycles. The van der Waals surface area contributed by atoms with E-state index in [9.17, 15) is 4.79 Å². The lowest BCUT2D eigenvalue weighted by molar-refractivity contribution is 0.100. The summed E-state index contributed by atoms with van der Waals surface area (Å²) >= 11 is 0. The van der Waals surface area contributed by atoms with E-state index in [0.717, 1.165) is 63.5 Å². The number of carbonyl (C=O) groups excluding carboxylic acids is 1. The maximum absolute atomic E-state index is 11.9. The van der Waals surface area contributed by atoms with Crippen LogP contribution in [-0.4, -0.2) is 20.9 Å². The second-order valence-electron chi connectivity index (χ2n) is 9.32. The van der Waals surface area contributed by atoms with Crippen molar-refractivity contribution in [2.45, 2.75) is 26.2 Å². The van der Waals surface area contributed by atoms with E-state index in [1.54, 1.807) is 12.1 Å². The molecule has 0 saturated carbocycles. The Morgan fingerprint density at radius 1 is 0.892 bits per heavy atom. The number of amides is 1. The molecule has 0 spiro atoms. The number of nitrogens with one attached hydrogen (secondary N) is 2. The fourth-order valence-corrected chi connectivity index (χ4v) is 4.87. The Hall–Kier alpha value is -4.71. The van der Waals surface area contributed by atoms with Crippen molar-refractivity contribution in [1.29, 1.82) is 0 Å². The normalized spacial score (nSPS) is 11.4. The first-order valence-electron chi connectivity index (χ1n) is 12.6. The minimum atomic E-state index is -0.492. The van der Waals surface area contributed by atoms with Crippen molar-refractivity contribution in [3.05, 3.63) is 96.1 Å². The van der Waals surface area contributed by atoms with Gasteiger partial charge in [0.2, 0.25) is 0 Å². The number of hydrogen-bond donors (Lipinski definition) is 3. The number of nitrogens with zero attached hydrogens (tertiary/aromatic N) is 2. The van der Waals surface area contributed by atoms with E-state index < -0.39 is 5.91 Å². The topological polar surface area (TPSA) is 96.7 Å². The molecule has 0 bridgehead atoms. The molecule has 0 unspecified atom stereocenters. The van der Waals surface area contributed by atoms with Gasteiger partial charge in [-0.25, -0.2) is 9.97 Å². The second kappa shape index (κ2) is 9.39. The summed E-state index contributed by atoms with van der Waals surface area (Å²) in [5.74, 6) is 0.187. The molecule has 6 nitrogen and oxygen atoms in total. The number of pyridine rings is 1. The van der Waals surface area contributed by atoms with Crippen LogP contribution in [0.3, 0.4) is 0 Å². The lowest BCUT2D eigenvalue weighted by Gasteiger charge is -2.15. The molecule has 6 rings (SSSR count). The Balaban J connectivity index is 1.45. The van der Waals surface area contributed by atoms with Crippen molar-refractivity contribution in [1.82, 2.24) is 15.0 Å². The zero-order valence-corrected chi connectivity index (χ0v) is 20.6. The van der Waals surface area contributed by atoms with Gasteiger partial charge in [0.05, 0.1) is 27.8 Å². The molecule has 0 aliphatic rings. The van der Waals surface area contributed by atoms with Gasteiger partial charge in [0.15, 0.2) is 0 Å². The van der Waals surface area contributed by atoms with Crippen LogP contribution in [0.1, 0.15) is 35.7 Å². The van der Waals surface area contributed by atoms with Gasteiger partial charge in [-0.15, -0.1) is 0 Å². The number of aromatic nitrogens is 3. The van der Waals surface area contributed by atoms with Gasteiger partial charge in [-0.3, -0.25) is 4.79 Å². The number of unbranched alkanes of at least 4 members (excludes halogenated alkanes) is 1. The van der Waals surface area contributed by atoms with E-state index in [1.165, 1.54) is 5.56 Å². The smallest absolute Gasteiger partial charge is 0.250 e. The highest BCUT2D eigenvalue weighted by atomic mass is 16.1. The fourth-order valence-electron chi connectivity index (χ4n) is 4.87. The van der Waals surface area contributed by atoms with Crippen LogP contribution in [0.2, 0.25) is 0 Å². The molecular weight excluding hydrogens is 458 g/mol. The highest BCUT2D eigenvalue weighted by Gasteiger charge is 2.14. The molecular formula is C31H27N5O. The SMILES string of the molecule is CCCCc1ccc2nc3ccccc3c(Nc3cccc(-c4nc5c(C(N)=O)cccc5[nH]4)c3)c2c1. The minimum absolute atomic E-state index is 0.405. The second-order valence-corrected chi connectivity index (χ2v) is 9.32. The van der Waals surface area contributed by atoms with Gasteiger partial charge in [-0.05, 0) is 60.9 Å². The molecule has 4 aromatic carbocycles. The number of H-pyrrole nitrogens is 1. The highest BCUT2D eigenvalue weighted by molar-refractivity contribution is 6.09. The van der Waals surface area contributed by atoms with Gasteiger partial charge in [-0.2, -0.15) is 0 Å². The van der Waals surface area contributed by atoms with Crippen molar-refractivity contribution in [2.75, 3.05) is 5.32 Å². The average Bonchev–Trinajstić information content (AvgIpc) is 3.36. The van der Waals surface area contributed by atoms with Crippen molar-refractivity contribution in [3.63, 3.8) is 0 Å². The molecule has 0 fully saturated rings. The summed E-state index contributed by atoms with van der Waals surface area (Å²) in [6.45, 7) is 2.22. The first kappa shape index (κ1) is 22.7. The van der Waals surface area contributed by atoms with Crippen LogP contribution in [0.15, 0.2) is 84.9 Å². The molecule has 182 valence electrons. The highest BCUT2D eigenvalue weighted by Crippen LogP contribution is 2.35. The predicted octanol–water partition coefficient (Wildman–Crippen LogP) is 7.12. The van der Waals surface area contributed by atoms with Gasteiger partial charge >= 0.3 is 0 Å². The standard InChI is InChI=1S/C31H27N5O/c1-2-3-8-19-15-16-26-24(17-19)28(22-11-4-5-13-25(22)34-26)33-21-10-6-9-20(18-21)31-35-27-14-7-12-23(30(32)37)29(27)36-31/h4-7,9-18H,2-3,8H2,1H3,(H2,32,37)(H,33,34)(H,35,36). The number of anilines is 2. The van der Waals surface area contributed by atoms with Gasteiger partial charge < -0.3 is 16.0 Å². The van der Waals surface area contributed by atoms with Crippen LogP contribution in [0.4, 0.5) is 11.4 Å². The number of carbonyl (C=O) groups is 1. The molecule has 2 heterocycles. The van der Waals surface area contributed by atoms with Crippen molar-refractivity contribution in [2.24, 2.45) is 5.73 Å². The van der Waals surface area contributed by atoms with Crippen LogP contribution < -0.4 is 11.1 Å². The summed E-state index contributed by atoms with van der Waals surface area (Å²) in [5, 5.41) is 5.87. The first-order chi connectivity index (χ1) is 18.1. The van der Waals surface area contributed by atoms with Gasteiger partial charge in [0, 0.05) is 22.0 Å². The number of fused-ring (bicyclic) bond motifs is 3. The number of rotatable bonds is 7. The Morgan fingerprint density at radius 2 is 1.73 bits per heavy atom. The summed E-state index contributed by atoms with van der Waals surface area (Å²) < 4.78 is 0. The summed E-state index contributed by atoms with van der Waals surface area (Å²) in [6.07, 6.45) is 3.37. The number of imidazole rings is 1. The lowest BCUT2D eigenvalue weighted by Crippen LogP contribution is -2.11. The van der Waals surface area contributed by atoms with Crippen LogP contribution in [0, 0.1) is 0 Å². The molecule has 4 N–H and O–H groups in total. The minimum Gasteiger partial charge on any atom is -0.366 e. The van der Waals surface area contributed by atoms with Crippen molar-refractivity contribution >= 4 is 50.1 Å². The summed E-state index contributed by atoms with van der Waals surface area (Å²) in [4.78, 5) is 24.8. The molecule has 0 atom stereocenters. The number of para-hydroxylation sites is 2. The van der Waals surface area contributed by atoms with E-state index in [1.807, 2.05) is 42.5 Å². The van der Waals surface area contributed by atoms with Gasteiger partial charge in [-0.1, -0.05) is 55.8 Å². The Kier molecular flexibility index (Phi) is 5.77. The van der Waals surface area contributed by atoms with Crippen molar-refractivity contribution in [3.8, 4) is 11.4 Å². The summed E-state index contributed by atoms with van der Waals surface area (Å²) in [5.41, 5.74) is 13.4. The van der Waals surface area contributed by atoms with E-state index in [-0.39, 0.29) is 0 Å². The third-order valence-electron chi connectivity index (χ3n) is 6.75. The third-order valence-corrected chi connectivity index (χ3v) is 6.75. The van der Waals surface area contributed by atoms with Crippen molar-refractivity contribution < 1.29 is 4.79 Å². The van der Waals surface area contributed by atoms with Gasteiger partial charge in [0.25, 0.3) is 5.91 Å². The van der Waals surface area contributed by atoms with Crippen LogP contribution in [-0.2, 0) is 6.42 Å². The molecule has 0 radical (unpaired) electrons. The predicted molar refractivity (Wildman–Crippen MR) is 151 cm³/mol. The van der Waals surface area contributed by atoms with Crippen LogP contribution in [0.5, 0.6) is 0 Å². The van der Waals surface area contributed by atoms with Crippen LogP contribution >= 0.6 is 0 Å². The Bertz CT molecular complexity index is 1790. The van der Waals surface area contributed by atoms with Crippen LogP contribution in [0.25, 0.3) is 44.2 Å². The monoisotopic (exact) mass is 485 g/mol. The molecule has 2 aromatic heterocycles. The zero-order chi connectivity index (χ0) is 25.4. The molecule has 37 heavy (non-hydrogen) atoms. The quantitative estimate of drug-likeness (QED) is 0.210. The largest absolute Gasteiger partial charge is 0.366 e. The maximum atomic E-state index is 11.9. The maximum Gasteiger partial charge on any atom is 0.250 e. The molecule has 0 aliphatic carbocycles. The fraction of sp³-hybridized carbons (Fsp3) is 0.129. The summed E-state index contributed by atoms with van der Waals surface area (Å²) in [6, 6.07) is 28.3. The number of benzene rings is 4. The molecule has 6 aromatic rings. The average molecular weight is 486 g/mol. The number of nitrogens with two attached hydrogens (primary N) is 1. The Morgan fingerprint density at radius 3 is 2.59 bits per heavy atom. The number of aromatic amines is 1. The van der Waals surface area contributed by atoms with E-state index in [4.69, 9.17) is 15.7 Å². The molecule has 0 saturated heterocycles. The number of hydrogen-bond acceptors (Lipinski definition) is 4. The third kappa shape index (κ3) is 4.27. The molecule has 6 heteroatoms. The van der Waals surface area contributed by atoms with Gasteiger partial charge in [0.1, 0.15) is 11.3 Å². The van der Waals surface area contributed by atoms with E-state index >= 15 is 0 Å². The lowest BCUT2D eigenvalue weighted by atomic mass is 10.0. The number of aryl methyl sites for hydroxylation is 1. The zero-order valence-electron chi connectivity index (χ0n) is 20.6.